The second-order valence-corrected chi connectivity index (χ2v) is 8.93. The number of anilines is 2. The Morgan fingerprint density at radius 2 is 1.64 bits per heavy atom. The van der Waals surface area contributed by atoms with Crippen LogP contribution < -0.4 is 25.2 Å². The topological polar surface area (TPSA) is 142 Å². The molecule has 1 amide bonds. The van der Waals surface area contributed by atoms with E-state index in [1.54, 1.807) is 30.3 Å². The summed E-state index contributed by atoms with van der Waals surface area (Å²) in [6.07, 6.45) is 0. The minimum Gasteiger partial charge on any atom is -0.486 e. The molecule has 4 aromatic rings. The van der Waals surface area contributed by atoms with E-state index in [0.29, 0.717) is 41.4 Å². The Balaban J connectivity index is 1.41. The largest absolute Gasteiger partial charge is 0.486 e. The summed E-state index contributed by atoms with van der Waals surface area (Å²) in [5.74, 6) is 0.606. The number of benzene rings is 3. The van der Waals surface area contributed by atoms with Crippen molar-refractivity contribution in [1.29, 1.82) is 0 Å². The summed E-state index contributed by atoms with van der Waals surface area (Å²) in [4.78, 5) is 29.4. The van der Waals surface area contributed by atoms with Gasteiger partial charge in [0.15, 0.2) is 11.5 Å². The van der Waals surface area contributed by atoms with Crippen LogP contribution in [-0.2, 0) is 10.0 Å². The lowest BCUT2D eigenvalue weighted by molar-refractivity contribution is 0.102. The summed E-state index contributed by atoms with van der Waals surface area (Å²) < 4.78 is 39.4. The van der Waals surface area contributed by atoms with Crippen LogP contribution in [0.1, 0.15) is 10.4 Å². The van der Waals surface area contributed by atoms with Crippen LogP contribution in [0.3, 0.4) is 0 Å². The van der Waals surface area contributed by atoms with Gasteiger partial charge in [-0.05, 0) is 42.5 Å². The molecule has 0 fully saturated rings. The number of aromatic amines is 2. The minimum atomic E-state index is -4.04. The number of ether oxygens (including phenoxy) is 2. The van der Waals surface area contributed by atoms with Gasteiger partial charge < -0.3 is 24.8 Å². The highest BCUT2D eigenvalue weighted by molar-refractivity contribution is 7.92. The number of amides is 1. The maximum Gasteiger partial charge on any atom is 0.323 e. The van der Waals surface area contributed by atoms with Crippen molar-refractivity contribution >= 4 is 38.3 Å². The zero-order valence-corrected chi connectivity index (χ0v) is 17.9. The number of H-pyrrole nitrogens is 2. The molecule has 0 spiro atoms. The summed E-state index contributed by atoms with van der Waals surface area (Å²) in [6.45, 7) is 0.872. The van der Waals surface area contributed by atoms with Crippen molar-refractivity contribution in [1.82, 2.24) is 9.97 Å². The Morgan fingerprint density at radius 1 is 0.879 bits per heavy atom. The van der Waals surface area contributed by atoms with Crippen molar-refractivity contribution in [2.45, 2.75) is 4.90 Å². The third kappa shape index (κ3) is 4.13. The number of fused-ring (bicyclic) bond motifs is 2. The predicted molar refractivity (Wildman–Crippen MR) is 122 cm³/mol. The van der Waals surface area contributed by atoms with Crippen LogP contribution in [0.15, 0.2) is 70.4 Å². The first kappa shape index (κ1) is 20.6. The average molecular weight is 466 g/mol. The van der Waals surface area contributed by atoms with E-state index in [1.165, 1.54) is 30.3 Å². The van der Waals surface area contributed by atoms with Crippen molar-refractivity contribution in [2.75, 3.05) is 23.3 Å². The van der Waals surface area contributed by atoms with Gasteiger partial charge in [-0.1, -0.05) is 12.1 Å². The fourth-order valence-corrected chi connectivity index (χ4v) is 4.58. The van der Waals surface area contributed by atoms with Crippen LogP contribution >= 0.6 is 0 Å². The highest BCUT2D eigenvalue weighted by Crippen LogP contribution is 2.33. The molecule has 0 atom stereocenters. The molecule has 4 N–H and O–H groups in total. The number of rotatable bonds is 5. The Hall–Kier alpha value is -4.25. The molecule has 0 unspecified atom stereocenters. The first-order chi connectivity index (χ1) is 15.9. The maximum absolute atomic E-state index is 13.0. The molecular formula is C22H18N4O6S. The third-order valence-corrected chi connectivity index (χ3v) is 6.38. The van der Waals surface area contributed by atoms with Crippen LogP contribution in [0.2, 0.25) is 0 Å². The molecule has 3 aromatic carbocycles. The van der Waals surface area contributed by atoms with Gasteiger partial charge in [0.1, 0.15) is 13.2 Å². The molecule has 2 heterocycles. The molecule has 1 aliphatic heterocycles. The van der Waals surface area contributed by atoms with E-state index in [0.717, 1.165) is 0 Å². The van der Waals surface area contributed by atoms with Gasteiger partial charge in [-0.3, -0.25) is 9.52 Å². The smallest absolute Gasteiger partial charge is 0.323 e. The molecule has 0 saturated carbocycles. The lowest BCUT2D eigenvalue weighted by atomic mass is 10.1. The summed E-state index contributed by atoms with van der Waals surface area (Å²) in [7, 11) is -4.04. The summed E-state index contributed by atoms with van der Waals surface area (Å²) >= 11 is 0. The van der Waals surface area contributed by atoms with Gasteiger partial charge in [0.05, 0.1) is 27.2 Å². The van der Waals surface area contributed by atoms with Gasteiger partial charge in [-0.25, -0.2) is 13.2 Å². The third-order valence-electron chi connectivity index (χ3n) is 5.01. The number of para-hydroxylation sites is 1. The second-order valence-electron chi connectivity index (χ2n) is 7.25. The van der Waals surface area contributed by atoms with E-state index in [9.17, 15) is 18.0 Å². The Bertz CT molecular complexity index is 1540. The molecule has 168 valence electrons. The van der Waals surface area contributed by atoms with Crippen molar-refractivity contribution in [2.24, 2.45) is 0 Å². The predicted octanol–water partition coefficient (Wildman–Crippen LogP) is 2.68. The van der Waals surface area contributed by atoms with Gasteiger partial charge in [-0.15, -0.1) is 0 Å². The lowest BCUT2D eigenvalue weighted by Crippen LogP contribution is -2.19. The van der Waals surface area contributed by atoms with E-state index < -0.39 is 21.6 Å². The average Bonchev–Trinajstić information content (AvgIpc) is 3.18. The molecule has 0 radical (unpaired) electrons. The first-order valence-electron chi connectivity index (χ1n) is 9.94. The molecule has 1 aliphatic rings. The molecule has 33 heavy (non-hydrogen) atoms. The quantitative estimate of drug-likeness (QED) is 0.356. The number of hydrogen-bond donors (Lipinski definition) is 4. The van der Waals surface area contributed by atoms with Crippen LogP contribution in [0.5, 0.6) is 11.5 Å². The van der Waals surface area contributed by atoms with Crippen LogP contribution in [-0.4, -0.2) is 37.5 Å². The second kappa shape index (κ2) is 8.02. The SMILES string of the molecule is O=C(Nc1ccc2c(c1)OCCO2)c1ccccc1NS(=O)(=O)c1ccc2[nH]c(=O)[nH]c2c1. The number of imidazole rings is 1. The number of carbonyl (C=O) groups excluding carboxylic acids is 1. The fourth-order valence-electron chi connectivity index (χ4n) is 3.47. The Kier molecular flexibility index (Phi) is 5.02. The van der Waals surface area contributed by atoms with E-state index in [1.807, 2.05) is 0 Å². The van der Waals surface area contributed by atoms with Crippen LogP contribution in [0.4, 0.5) is 11.4 Å². The monoisotopic (exact) mass is 466 g/mol. The van der Waals surface area contributed by atoms with Gasteiger partial charge in [0.25, 0.3) is 15.9 Å². The van der Waals surface area contributed by atoms with E-state index in [-0.39, 0.29) is 16.1 Å². The van der Waals surface area contributed by atoms with Gasteiger partial charge in [0, 0.05) is 11.8 Å². The van der Waals surface area contributed by atoms with Crippen molar-refractivity contribution in [3.63, 3.8) is 0 Å². The van der Waals surface area contributed by atoms with Gasteiger partial charge in [-0.2, -0.15) is 0 Å². The molecule has 0 bridgehead atoms. The fraction of sp³-hybridized carbons (Fsp3) is 0.0909. The molecule has 1 aromatic heterocycles. The van der Waals surface area contributed by atoms with Crippen LogP contribution in [0, 0.1) is 0 Å². The Labute approximate surface area is 187 Å². The molecule has 11 heteroatoms. The summed E-state index contributed by atoms with van der Waals surface area (Å²) in [5.41, 5.74) is 1.12. The molecule has 0 saturated heterocycles. The standard InChI is InChI=1S/C22H18N4O6S/c27-21(23-13-5-8-19-20(11-13)32-10-9-31-19)15-3-1-2-4-16(15)26-33(29,30)14-6-7-17-18(12-14)25-22(28)24-17/h1-8,11-12,26H,9-10H2,(H,23,27)(H2,24,25,28). The molecular weight excluding hydrogens is 448 g/mol. The highest BCUT2D eigenvalue weighted by Gasteiger charge is 2.20. The summed E-state index contributed by atoms with van der Waals surface area (Å²) in [6, 6.07) is 15.5. The molecule has 10 nitrogen and oxygen atoms in total. The van der Waals surface area contributed by atoms with Crippen molar-refractivity contribution < 1.29 is 22.7 Å². The van der Waals surface area contributed by atoms with Gasteiger partial charge >= 0.3 is 5.69 Å². The number of nitrogens with one attached hydrogen (secondary N) is 4. The highest BCUT2D eigenvalue weighted by atomic mass is 32.2. The maximum atomic E-state index is 13.0. The van der Waals surface area contributed by atoms with Crippen molar-refractivity contribution in [3.8, 4) is 11.5 Å². The van der Waals surface area contributed by atoms with Crippen molar-refractivity contribution in [3.05, 3.63) is 76.7 Å². The minimum absolute atomic E-state index is 0.0627. The Morgan fingerprint density at radius 3 is 2.48 bits per heavy atom. The number of carbonyl (C=O) groups is 1. The van der Waals surface area contributed by atoms with E-state index >= 15 is 0 Å². The van der Waals surface area contributed by atoms with E-state index in [4.69, 9.17) is 9.47 Å². The zero-order valence-electron chi connectivity index (χ0n) is 17.0. The van der Waals surface area contributed by atoms with E-state index in [2.05, 4.69) is 20.0 Å². The number of sulfonamides is 1. The zero-order chi connectivity index (χ0) is 23.0. The molecule has 5 rings (SSSR count). The normalized spacial score (nSPS) is 13.0. The van der Waals surface area contributed by atoms with Crippen LogP contribution in [0.25, 0.3) is 11.0 Å². The lowest BCUT2D eigenvalue weighted by Gasteiger charge is -2.19. The molecule has 0 aliphatic carbocycles. The summed E-state index contributed by atoms with van der Waals surface area (Å²) in [5, 5.41) is 2.75. The number of aromatic nitrogens is 2. The first-order valence-corrected chi connectivity index (χ1v) is 11.4. The number of hydrogen-bond acceptors (Lipinski definition) is 6. The van der Waals surface area contributed by atoms with Gasteiger partial charge in [0.2, 0.25) is 0 Å².